The fraction of sp³-hybridized carbons (Fsp3) is 0.533. The van der Waals surface area contributed by atoms with Gasteiger partial charge in [-0.25, -0.2) is 0 Å². The Kier molecular flexibility index (Phi) is 4.84. The molecule has 2 rings (SSSR count). The smallest absolute Gasteiger partial charge is 0.256 e. The van der Waals surface area contributed by atoms with Gasteiger partial charge in [0.2, 0.25) is 0 Å². The number of benzene rings is 1. The van der Waals surface area contributed by atoms with E-state index in [1.807, 2.05) is 4.90 Å². The molecule has 0 radical (unpaired) electrons. The van der Waals surface area contributed by atoms with Gasteiger partial charge in [-0.05, 0) is 37.8 Å². The highest BCUT2D eigenvalue weighted by molar-refractivity contribution is 6.00. The average Bonchev–Trinajstić information content (AvgIpc) is 2.93. The maximum Gasteiger partial charge on any atom is 0.256 e. The van der Waals surface area contributed by atoms with E-state index in [0.29, 0.717) is 17.0 Å². The first-order valence-corrected chi connectivity index (χ1v) is 7.03. The van der Waals surface area contributed by atoms with E-state index in [9.17, 15) is 4.79 Å². The number of nitrogens with two attached hydrogens (primary N) is 1. The fourth-order valence-corrected chi connectivity index (χ4v) is 2.79. The van der Waals surface area contributed by atoms with Crippen molar-refractivity contribution in [2.75, 3.05) is 26.0 Å². The Morgan fingerprint density at radius 2 is 2.35 bits per heavy atom. The number of likely N-dealkylation sites (tertiary alicyclic amines) is 1. The summed E-state index contributed by atoms with van der Waals surface area (Å²) in [4.78, 5) is 14.5. The van der Waals surface area contributed by atoms with Crippen LogP contribution < -0.4 is 10.5 Å². The molecule has 0 bridgehead atoms. The van der Waals surface area contributed by atoms with Gasteiger partial charge in [-0.1, -0.05) is 6.07 Å². The third-order valence-corrected chi connectivity index (χ3v) is 3.85. The second-order valence-electron chi connectivity index (χ2n) is 5.08. The molecule has 0 aliphatic carbocycles. The lowest BCUT2D eigenvalue weighted by molar-refractivity contribution is 0.0725. The van der Waals surface area contributed by atoms with E-state index in [-0.39, 0.29) is 18.6 Å². The van der Waals surface area contributed by atoms with Crippen LogP contribution in [0.25, 0.3) is 0 Å². The Labute approximate surface area is 119 Å². The van der Waals surface area contributed by atoms with Crippen LogP contribution in [-0.2, 0) is 0 Å². The molecule has 20 heavy (non-hydrogen) atoms. The van der Waals surface area contributed by atoms with Crippen LogP contribution in [0.4, 0.5) is 5.69 Å². The fourth-order valence-electron chi connectivity index (χ4n) is 2.79. The number of nitrogen functional groups attached to an aromatic ring is 1. The van der Waals surface area contributed by atoms with Crippen LogP contribution in [0.15, 0.2) is 18.2 Å². The van der Waals surface area contributed by atoms with Gasteiger partial charge in [0.15, 0.2) is 0 Å². The molecule has 1 aromatic rings. The van der Waals surface area contributed by atoms with Crippen molar-refractivity contribution >= 4 is 11.6 Å². The largest absolute Gasteiger partial charge is 0.495 e. The zero-order valence-corrected chi connectivity index (χ0v) is 11.8. The lowest BCUT2D eigenvalue weighted by Crippen LogP contribution is -2.36. The summed E-state index contributed by atoms with van der Waals surface area (Å²) < 4.78 is 5.16. The van der Waals surface area contributed by atoms with Gasteiger partial charge >= 0.3 is 0 Å². The van der Waals surface area contributed by atoms with Gasteiger partial charge in [-0.3, -0.25) is 4.79 Å². The highest BCUT2D eigenvalue weighted by Crippen LogP contribution is 2.29. The normalized spacial score (nSPS) is 18.3. The van der Waals surface area contributed by atoms with Crippen LogP contribution in [-0.4, -0.2) is 42.2 Å². The quantitative estimate of drug-likeness (QED) is 0.803. The number of aliphatic hydroxyl groups excluding tert-OH is 1. The number of methoxy groups -OCH3 is 1. The lowest BCUT2D eigenvalue weighted by atomic mass is 10.1. The molecular formula is C15H22N2O3. The number of carbonyl (C=O) groups excluding carboxylic acids is 1. The minimum Gasteiger partial charge on any atom is -0.495 e. The van der Waals surface area contributed by atoms with Crippen LogP contribution in [0.3, 0.4) is 0 Å². The average molecular weight is 278 g/mol. The Morgan fingerprint density at radius 3 is 3.05 bits per heavy atom. The number of amides is 1. The molecule has 3 N–H and O–H groups in total. The summed E-state index contributed by atoms with van der Waals surface area (Å²) in [5.41, 5.74) is 6.89. The van der Waals surface area contributed by atoms with Crippen molar-refractivity contribution < 1.29 is 14.6 Å². The van der Waals surface area contributed by atoms with Crippen molar-refractivity contribution in [3.63, 3.8) is 0 Å². The number of ether oxygens (including phenoxy) is 1. The summed E-state index contributed by atoms with van der Waals surface area (Å²) in [5.74, 6) is 0.490. The minimum atomic E-state index is -0.0400. The summed E-state index contributed by atoms with van der Waals surface area (Å²) >= 11 is 0. The molecule has 1 aliphatic rings. The van der Waals surface area contributed by atoms with Crippen LogP contribution in [0.5, 0.6) is 5.75 Å². The molecule has 1 aliphatic heterocycles. The number of para-hydroxylation sites is 1. The molecule has 1 heterocycles. The number of hydrogen-bond donors (Lipinski definition) is 2. The molecule has 1 atom stereocenters. The number of carbonyl (C=O) groups is 1. The standard InChI is InChI=1S/C15H22N2O3/c1-20-13-8-2-7-12(14(13)16)15(19)17-9-3-5-11(17)6-4-10-18/h2,7-8,11,18H,3-6,9-10,16H2,1H3. The van der Waals surface area contributed by atoms with Crippen molar-refractivity contribution in [1.82, 2.24) is 4.90 Å². The van der Waals surface area contributed by atoms with Crippen molar-refractivity contribution in [3.8, 4) is 5.75 Å². The van der Waals surface area contributed by atoms with Gasteiger partial charge < -0.3 is 20.5 Å². The van der Waals surface area contributed by atoms with E-state index in [1.54, 1.807) is 25.3 Å². The summed E-state index contributed by atoms with van der Waals surface area (Å²) in [6.45, 7) is 0.922. The molecule has 5 heteroatoms. The van der Waals surface area contributed by atoms with E-state index < -0.39 is 0 Å². The summed E-state index contributed by atoms with van der Waals surface area (Å²) in [7, 11) is 1.54. The topological polar surface area (TPSA) is 75.8 Å². The van der Waals surface area contributed by atoms with E-state index in [0.717, 1.165) is 32.2 Å². The number of hydrogen-bond acceptors (Lipinski definition) is 4. The SMILES string of the molecule is COc1cccc(C(=O)N2CCCC2CCCO)c1N. The second-order valence-corrected chi connectivity index (χ2v) is 5.08. The molecule has 1 amide bonds. The van der Waals surface area contributed by atoms with Gasteiger partial charge in [0.05, 0.1) is 18.4 Å². The van der Waals surface area contributed by atoms with E-state index >= 15 is 0 Å². The highest BCUT2D eigenvalue weighted by atomic mass is 16.5. The zero-order valence-electron chi connectivity index (χ0n) is 11.8. The van der Waals surface area contributed by atoms with Gasteiger partial charge in [-0.2, -0.15) is 0 Å². The maximum atomic E-state index is 12.6. The van der Waals surface area contributed by atoms with Gasteiger partial charge in [0.25, 0.3) is 5.91 Å². The molecular weight excluding hydrogens is 256 g/mol. The molecule has 1 saturated heterocycles. The van der Waals surface area contributed by atoms with Crippen molar-refractivity contribution in [2.24, 2.45) is 0 Å². The van der Waals surface area contributed by atoms with Gasteiger partial charge in [-0.15, -0.1) is 0 Å². The number of anilines is 1. The third kappa shape index (κ3) is 2.88. The summed E-state index contributed by atoms with van der Waals surface area (Å²) in [6, 6.07) is 5.47. The summed E-state index contributed by atoms with van der Waals surface area (Å²) in [6.07, 6.45) is 3.56. The molecule has 0 spiro atoms. The molecule has 1 aromatic carbocycles. The van der Waals surface area contributed by atoms with Crippen LogP contribution in [0, 0.1) is 0 Å². The molecule has 5 nitrogen and oxygen atoms in total. The van der Waals surface area contributed by atoms with Crippen molar-refractivity contribution in [2.45, 2.75) is 31.7 Å². The Balaban J connectivity index is 2.18. The van der Waals surface area contributed by atoms with Crippen LogP contribution >= 0.6 is 0 Å². The first kappa shape index (κ1) is 14.7. The first-order chi connectivity index (χ1) is 9.69. The maximum absolute atomic E-state index is 12.6. The van der Waals surface area contributed by atoms with E-state index in [2.05, 4.69) is 0 Å². The Bertz CT molecular complexity index is 476. The van der Waals surface area contributed by atoms with Crippen molar-refractivity contribution in [1.29, 1.82) is 0 Å². The first-order valence-electron chi connectivity index (χ1n) is 7.03. The van der Waals surface area contributed by atoms with Gasteiger partial charge in [0.1, 0.15) is 5.75 Å². The number of aliphatic hydroxyl groups is 1. The van der Waals surface area contributed by atoms with Crippen LogP contribution in [0.2, 0.25) is 0 Å². The number of rotatable bonds is 5. The van der Waals surface area contributed by atoms with E-state index in [4.69, 9.17) is 15.6 Å². The molecule has 0 aromatic heterocycles. The molecule has 110 valence electrons. The lowest BCUT2D eigenvalue weighted by Gasteiger charge is -2.25. The third-order valence-electron chi connectivity index (χ3n) is 3.85. The monoisotopic (exact) mass is 278 g/mol. The van der Waals surface area contributed by atoms with Crippen molar-refractivity contribution in [3.05, 3.63) is 23.8 Å². The molecule has 1 fully saturated rings. The van der Waals surface area contributed by atoms with Crippen LogP contribution in [0.1, 0.15) is 36.0 Å². The predicted octanol–water partition coefficient (Wildman–Crippen LogP) is 1.65. The van der Waals surface area contributed by atoms with Gasteiger partial charge in [0, 0.05) is 19.2 Å². The molecule has 1 unspecified atom stereocenters. The number of nitrogens with zero attached hydrogens (tertiary/aromatic N) is 1. The predicted molar refractivity (Wildman–Crippen MR) is 77.8 cm³/mol. The minimum absolute atomic E-state index is 0.0400. The zero-order chi connectivity index (χ0) is 14.5. The highest BCUT2D eigenvalue weighted by Gasteiger charge is 2.30. The molecule has 0 saturated carbocycles. The summed E-state index contributed by atoms with van der Waals surface area (Å²) in [5, 5.41) is 8.94. The second kappa shape index (κ2) is 6.61. The Morgan fingerprint density at radius 1 is 1.55 bits per heavy atom. The Hall–Kier alpha value is -1.75. The van der Waals surface area contributed by atoms with E-state index in [1.165, 1.54) is 0 Å².